The molecule has 1 rings (SSSR count). The van der Waals surface area contributed by atoms with E-state index in [4.69, 9.17) is 22.4 Å². The minimum atomic E-state index is -0.983. The molecule has 5 nitrogen and oxygen atoms in total. The number of carbonyl (C=O) groups is 1. The first-order valence-electron chi connectivity index (χ1n) is 5.23. The fourth-order valence-electron chi connectivity index (χ4n) is 1.33. The molecule has 17 heavy (non-hydrogen) atoms. The van der Waals surface area contributed by atoms with Gasteiger partial charge in [-0.1, -0.05) is 18.5 Å². The van der Waals surface area contributed by atoms with Crippen molar-refractivity contribution in [1.29, 1.82) is 0 Å². The lowest BCUT2D eigenvalue weighted by molar-refractivity contribution is -0.137. The van der Waals surface area contributed by atoms with Crippen molar-refractivity contribution in [3.8, 4) is 0 Å². The van der Waals surface area contributed by atoms with Crippen LogP contribution in [0.5, 0.6) is 0 Å². The lowest BCUT2D eigenvalue weighted by Crippen LogP contribution is -2.32. The molecule has 0 bridgehead atoms. The van der Waals surface area contributed by atoms with E-state index in [2.05, 4.69) is 5.10 Å². The van der Waals surface area contributed by atoms with E-state index in [1.54, 1.807) is 4.68 Å². The minimum Gasteiger partial charge on any atom is -0.480 e. The average Bonchev–Trinajstić information content (AvgIpc) is 2.55. The molecule has 0 aromatic carbocycles. The smallest absolute Gasteiger partial charge is 0.321 e. The number of rotatable bonds is 6. The first-order valence-corrected chi connectivity index (χ1v) is 6.77. The van der Waals surface area contributed by atoms with Crippen LogP contribution in [0.1, 0.15) is 18.3 Å². The van der Waals surface area contributed by atoms with Gasteiger partial charge in [-0.05, 0) is 6.42 Å². The maximum absolute atomic E-state index is 10.5. The molecule has 96 valence electrons. The third-order valence-electron chi connectivity index (χ3n) is 2.36. The Morgan fingerprint density at radius 1 is 1.71 bits per heavy atom. The molecular formula is C10H16ClN3O2S. The molecule has 0 unspecified atom stereocenters. The molecule has 0 fully saturated rings. The van der Waals surface area contributed by atoms with Gasteiger partial charge >= 0.3 is 5.97 Å². The van der Waals surface area contributed by atoms with Gasteiger partial charge in [0.25, 0.3) is 0 Å². The molecule has 7 heteroatoms. The largest absolute Gasteiger partial charge is 0.480 e. The van der Waals surface area contributed by atoms with E-state index in [0.29, 0.717) is 16.5 Å². The van der Waals surface area contributed by atoms with Gasteiger partial charge in [0, 0.05) is 18.6 Å². The van der Waals surface area contributed by atoms with E-state index in [-0.39, 0.29) is 0 Å². The Labute approximate surface area is 109 Å². The number of carboxylic acids is 1. The summed E-state index contributed by atoms with van der Waals surface area (Å²) in [5, 5.41) is 13.6. The van der Waals surface area contributed by atoms with Crippen molar-refractivity contribution in [3.05, 3.63) is 16.4 Å². The highest BCUT2D eigenvalue weighted by molar-refractivity contribution is 7.98. The number of hydrogen-bond donors (Lipinski definition) is 2. The molecule has 0 aliphatic carbocycles. The van der Waals surface area contributed by atoms with Crippen LogP contribution < -0.4 is 5.73 Å². The summed E-state index contributed by atoms with van der Waals surface area (Å²) < 4.78 is 1.74. The van der Waals surface area contributed by atoms with Gasteiger partial charge in [-0.3, -0.25) is 9.48 Å². The number of hydrogen-bond acceptors (Lipinski definition) is 4. The zero-order valence-electron chi connectivity index (χ0n) is 9.81. The van der Waals surface area contributed by atoms with Crippen LogP contribution in [0.4, 0.5) is 0 Å². The standard InChI is InChI=1S/C10H16ClN3O2S/c1-3-7-9(11)8(14(2)13-7)5-17-4-6(12)10(15)16/h6H,3-5,12H2,1-2H3,(H,15,16)/t6-/m0/s1. The van der Waals surface area contributed by atoms with Gasteiger partial charge in [-0.25, -0.2) is 0 Å². The Kier molecular flexibility index (Phi) is 5.30. The van der Waals surface area contributed by atoms with Gasteiger partial charge in [0.1, 0.15) is 6.04 Å². The SMILES string of the molecule is CCc1nn(C)c(CSC[C@H](N)C(=O)O)c1Cl. The Balaban J connectivity index is 2.58. The summed E-state index contributed by atoms with van der Waals surface area (Å²) in [7, 11) is 1.83. The highest BCUT2D eigenvalue weighted by atomic mass is 35.5. The summed E-state index contributed by atoms with van der Waals surface area (Å²) in [5.41, 5.74) is 7.19. The zero-order chi connectivity index (χ0) is 13.0. The monoisotopic (exact) mass is 277 g/mol. The number of carboxylic acid groups (broad SMARTS) is 1. The van der Waals surface area contributed by atoms with Gasteiger partial charge in [0.05, 0.1) is 16.4 Å². The fraction of sp³-hybridized carbons (Fsp3) is 0.600. The second-order valence-corrected chi connectivity index (χ2v) is 5.05. The predicted molar refractivity (Wildman–Crippen MR) is 69.4 cm³/mol. The van der Waals surface area contributed by atoms with Crippen LogP contribution in [0, 0.1) is 0 Å². The topological polar surface area (TPSA) is 81.1 Å². The molecule has 3 N–H and O–H groups in total. The summed E-state index contributed by atoms with van der Waals surface area (Å²) in [4.78, 5) is 10.5. The van der Waals surface area contributed by atoms with Gasteiger partial charge in [0.15, 0.2) is 0 Å². The number of nitrogens with zero attached hydrogens (tertiary/aromatic N) is 2. The molecule has 0 amide bonds. The van der Waals surface area contributed by atoms with Crippen LogP contribution in [-0.4, -0.2) is 32.7 Å². The van der Waals surface area contributed by atoms with Crippen molar-refractivity contribution >= 4 is 29.3 Å². The zero-order valence-corrected chi connectivity index (χ0v) is 11.4. The maximum atomic E-state index is 10.5. The van der Waals surface area contributed by atoms with Crippen LogP contribution >= 0.6 is 23.4 Å². The summed E-state index contributed by atoms with van der Waals surface area (Å²) in [6.07, 6.45) is 0.784. The number of aryl methyl sites for hydroxylation is 2. The lowest BCUT2D eigenvalue weighted by atomic mass is 10.3. The number of halogens is 1. The van der Waals surface area contributed by atoms with Crippen LogP contribution in [0.3, 0.4) is 0 Å². The molecule has 0 spiro atoms. The van der Waals surface area contributed by atoms with Crippen LogP contribution in [0.25, 0.3) is 0 Å². The van der Waals surface area contributed by atoms with E-state index in [1.165, 1.54) is 11.8 Å². The lowest BCUT2D eigenvalue weighted by Gasteiger charge is -2.06. The summed E-state index contributed by atoms with van der Waals surface area (Å²) >= 11 is 7.61. The Bertz CT molecular complexity index is 409. The maximum Gasteiger partial charge on any atom is 0.321 e. The van der Waals surface area contributed by atoms with Crippen LogP contribution in [0.2, 0.25) is 5.02 Å². The molecule has 0 saturated heterocycles. The van der Waals surface area contributed by atoms with Gasteiger partial charge < -0.3 is 10.8 Å². The van der Waals surface area contributed by atoms with E-state index < -0.39 is 12.0 Å². The Morgan fingerprint density at radius 2 is 2.35 bits per heavy atom. The van der Waals surface area contributed by atoms with Crippen LogP contribution in [0.15, 0.2) is 0 Å². The third kappa shape index (κ3) is 3.62. The number of aromatic nitrogens is 2. The average molecular weight is 278 g/mol. The normalized spacial score (nSPS) is 12.7. The van der Waals surface area contributed by atoms with Crippen molar-refractivity contribution in [2.75, 3.05) is 5.75 Å². The first-order chi connectivity index (χ1) is 7.97. The number of aliphatic carboxylic acids is 1. The van der Waals surface area contributed by atoms with E-state index in [9.17, 15) is 4.79 Å². The molecule has 1 aromatic rings. The minimum absolute atomic E-state index is 0.359. The van der Waals surface area contributed by atoms with Crippen molar-refractivity contribution in [2.45, 2.75) is 25.1 Å². The van der Waals surface area contributed by atoms with Crippen molar-refractivity contribution in [1.82, 2.24) is 9.78 Å². The third-order valence-corrected chi connectivity index (χ3v) is 3.87. The van der Waals surface area contributed by atoms with Gasteiger partial charge in [-0.15, -0.1) is 0 Å². The molecule has 0 saturated carbocycles. The predicted octanol–water partition coefficient (Wildman–Crippen LogP) is 1.28. The van der Waals surface area contributed by atoms with Crippen LogP contribution in [-0.2, 0) is 24.0 Å². The summed E-state index contributed by atoms with van der Waals surface area (Å²) in [5.74, 6) is -0.00965. The molecule has 0 aliphatic rings. The summed E-state index contributed by atoms with van der Waals surface area (Å²) in [6, 6.07) is -0.836. The first kappa shape index (κ1) is 14.3. The van der Waals surface area contributed by atoms with E-state index in [0.717, 1.165) is 17.8 Å². The molecule has 1 heterocycles. The molecule has 0 aliphatic heterocycles. The second-order valence-electron chi connectivity index (χ2n) is 3.64. The highest BCUT2D eigenvalue weighted by Gasteiger charge is 2.15. The number of nitrogens with two attached hydrogens (primary N) is 1. The van der Waals surface area contributed by atoms with Crippen molar-refractivity contribution in [3.63, 3.8) is 0 Å². The summed E-state index contributed by atoms with van der Waals surface area (Å²) in [6.45, 7) is 1.99. The van der Waals surface area contributed by atoms with E-state index >= 15 is 0 Å². The molecule has 1 aromatic heterocycles. The number of thioether (sulfide) groups is 1. The molecular weight excluding hydrogens is 262 g/mol. The van der Waals surface area contributed by atoms with Crippen molar-refractivity contribution < 1.29 is 9.90 Å². The Hall–Kier alpha value is -0.720. The molecule has 0 radical (unpaired) electrons. The van der Waals surface area contributed by atoms with Gasteiger partial charge in [0.2, 0.25) is 0 Å². The van der Waals surface area contributed by atoms with Gasteiger partial charge in [-0.2, -0.15) is 16.9 Å². The second kappa shape index (κ2) is 6.28. The van der Waals surface area contributed by atoms with E-state index in [1.807, 2.05) is 14.0 Å². The quantitative estimate of drug-likeness (QED) is 0.819. The van der Waals surface area contributed by atoms with Crippen molar-refractivity contribution in [2.24, 2.45) is 12.8 Å². The highest BCUT2D eigenvalue weighted by Crippen LogP contribution is 2.24. The molecule has 1 atom stereocenters. The Morgan fingerprint density at radius 3 is 2.82 bits per heavy atom. The fourth-order valence-corrected chi connectivity index (χ4v) is 2.81.